The van der Waals surface area contributed by atoms with E-state index < -0.39 is 6.04 Å². The Labute approximate surface area is 163 Å². The van der Waals surface area contributed by atoms with Crippen molar-refractivity contribution < 1.29 is 4.79 Å². The summed E-state index contributed by atoms with van der Waals surface area (Å²) < 4.78 is 3.03. The van der Waals surface area contributed by atoms with Gasteiger partial charge in [0.15, 0.2) is 5.52 Å². The van der Waals surface area contributed by atoms with Crippen molar-refractivity contribution >= 4 is 16.8 Å². The molecular weight excluding hydrogens is 354 g/mol. The molecular formula is C21H25N5O2. The van der Waals surface area contributed by atoms with Gasteiger partial charge in [0.1, 0.15) is 6.04 Å². The molecule has 0 radical (unpaired) electrons. The molecule has 0 aliphatic heterocycles. The van der Waals surface area contributed by atoms with Gasteiger partial charge in [0, 0.05) is 6.04 Å². The first-order valence-corrected chi connectivity index (χ1v) is 9.82. The van der Waals surface area contributed by atoms with Crippen molar-refractivity contribution in [1.82, 2.24) is 24.9 Å². The van der Waals surface area contributed by atoms with Crippen LogP contribution in [-0.2, 0) is 4.79 Å². The number of carbonyl (C=O) groups is 1. The van der Waals surface area contributed by atoms with Gasteiger partial charge in [0.25, 0.3) is 5.56 Å². The number of benzene rings is 1. The van der Waals surface area contributed by atoms with Crippen LogP contribution in [0.25, 0.3) is 16.6 Å². The van der Waals surface area contributed by atoms with E-state index >= 15 is 0 Å². The number of nitrogens with zero attached hydrogens (tertiary/aromatic N) is 4. The van der Waals surface area contributed by atoms with Crippen LogP contribution in [0.15, 0.2) is 35.1 Å². The summed E-state index contributed by atoms with van der Waals surface area (Å²) in [5.74, 6) is -0.167. The maximum atomic E-state index is 13.1. The second kappa shape index (κ2) is 7.22. The molecule has 2 heterocycles. The number of carbonyl (C=O) groups excluding carboxylic acids is 1. The molecule has 28 heavy (non-hydrogen) atoms. The van der Waals surface area contributed by atoms with Crippen LogP contribution in [0.2, 0.25) is 0 Å². The van der Waals surface area contributed by atoms with Gasteiger partial charge in [-0.15, -0.1) is 0 Å². The molecule has 1 saturated carbocycles. The van der Waals surface area contributed by atoms with Gasteiger partial charge >= 0.3 is 0 Å². The van der Waals surface area contributed by atoms with Gasteiger partial charge < -0.3 is 5.32 Å². The highest BCUT2D eigenvalue weighted by Crippen LogP contribution is 2.22. The Morgan fingerprint density at radius 1 is 1.14 bits per heavy atom. The highest BCUT2D eigenvalue weighted by Gasteiger charge is 2.25. The molecule has 0 bridgehead atoms. The number of hydrogen-bond donors (Lipinski definition) is 1. The maximum Gasteiger partial charge on any atom is 0.295 e. The molecule has 0 saturated heterocycles. The zero-order chi connectivity index (χ0) is 19.8. The average molecular weight is 379 g/mol. The Bertz CT molecular complexity index is 1080. The predicted octanol–water partition coefficient (Wildman–Crippen LogP) is 2.82. The van der Waals surface area contributed by atoms with Gasteiger partial charge in [-0.25, -0.2) is 9.36 Å². The van der Waals surface area contributed by atoms with E-state index in [1.54, 1.807) is 11.6 Å². The fraction of sp³-hybridized carbons (Fsp3) is 0.429. The normalized spacial score (nSPS) is 15.8. The Balaban J connectivity index is 1.75. The van der Waals surface area contributed by atoms with Gasteiger partial charge in [0.2, 0.25) is 5.91 Å². The molecule has 1 aliphatic carbocycles. The fourth-order valence-electron chi connectivity index (χ4n) is 4.04. The topological polar surface area (TPSA) is 81.8 Å². The van der Waals surface area contributed by atoms with E-state index in [9.17, 15) is 9.59 Å². The molecule has 0 spiro atoms. The van der Waals surface area contributed by atoms with Gasteiger partial charge in [0.05, 0.1) is 22.5 Å². The van der Waals surface area contributed by atoms with Gasteiger partial charge in [-0.05, 0) is 45.7 Å². The van der Waals surface area contributed by atoms with Crippen LogP contribution in [0.4, 0.5) is 0 Å². The molecule has 0 unspecified atom stereocenters. The zero-order valence-corrected chi connectivity index (χ0v) is 16.5. The summed E-state index contributed by atoms with van der Waals surface area (Å²) in [6, 6.07) is 9.20. The first-order valence-electron chi connectivity index (χ1n) is 9.82. The number of aromatic nitrogens is 4. The number of nitrogens with one attached hydrogen (secondary N) is 1. The summed E-state index contributed by atoms with van der Waals surface area (Å²) in [5, 5.41) is 12.8. The van der Waals surface area contributed by atoms with E-state index in [-0.39, 0.29) is 17.5 Å². The molecule has 4 rings (SSSR count). The van der Waals surface area contributed by atoms with Gasteiger partial charge in [-0.3, -0.25) is 9.59 Å². The fourth-order valence-corrected chi connectivity index (χ4v) is 4.04. The standard InChI is InChI=1S/C21H25N5O2/c1-13-18-14(2)25(17-11-5-4-6-12-17)24-19(18)21(28)26(23-13)15(3)20(27)22-16-9-7-8-10-16/h4-6,11-12,15-16H,7-10H2,1-3H3,(H,22,27)/t15-/m0/s1. The number of aryl methyl sites for hydroxylation is 2. The van der Waals surface area contributed by atoms with Gasteiger partial charge in [-0.1, -0.05) is 31.0 Å². The lowest BCUT2D eigenvalue weighted by Gasteiger charge is -2.18. The van der Waals surface area contributed by atoms with Crippen LogP contribution < -0.4 is 10.9 Å². The van der Waals surface area contributed by atoms with Crippen LogP contribution in [0.5, 0.6) is 0 Å². The molecule has 1 N–H and O–H groups in total. The Morgan fingerprint density at radius 3 is 2.50 bits per heavy atom. The zero-order valence-electron chi connectivity index (χ0n) is 16.5. The SMILES string of the molecule is Cc1nn([C@@H](C)C(=O)NC2CCCC2)c(=O)c2nn(-c3ccccc3)c(C)c12. The Kier molecular flexibility index (Phi) is 4.75. The number of fused-ring (bicyclic) bond motifs is 1. The largest absolute Gasteiger partial charge is 0.352 e. The van der Waals surface area contributed by atoms with Crippen LogP contribution in [-0.4, -0.2) is 31.5 Å². The molecule has 3 aromatic rings. The van der Waals surface area contributed by atoms with E-state index in [1.807, 2.05) is 44.2 Å². The van der Waals surface area contributed by atoms with Crippen molar-refractivity contribution in [3.8, 4) is 5.69 Å². The number of rotatable bonds is 4. The van der Waals surface area contributed by atoms with Crippen molar-refractivity contribution in [2.45, 2.75) is 58.5 Å². The first-order chi connectivity index (χ1) is 13.5. The van der Waals surface area contributed by atoms with Crippen molar-refractivity contribution in [3.05, 3.63) is 52.1 Å². The molecule has 1 amide bonds. The number of amides is 1. The van der Waals surface area contributed by atoms with Crippen molar-refractivity contribution in [2.24, 2.45) is 0 Å². The molecule has 1 aliphatic rings. The summed E-state index contributed by atoms with van der Waals surface area (Å²) in [6.07, 6.45) is 4.27. The minimum Gasteiger partial charge on any atom is -0.352 e. The van der Waals surface area contributed by atoms with Crippen molar-refractivity contribution in [3.63, 3.8) is 0 Å². The Morgan fingerprint density at radius 2 is 1.82 bits per heavy atom. The number of hydrogen-bond acceptors (Lipinski definition) is 4. The summed E-state index contributed by atoms with van der Waals surface area (Å²) >= 11 is 0. The minimum absolute atomic E-state index is 0.167. The smallest absolute Gasteiger partial charge is 0.295 e. The third kappa shape index (κ3) is 3.10. The van der Waals surface area contributed by atoms with E-state index in [0.717, 1.165) is 42.5 Å². The molecule has 1 atom stereocenters. The first kappa shape index (κ1) is 18.4. The third-order valence-electron chi connectivity index (χ3n) is 5.60. The quantitative estimate of drug-likeness (QED) is 0.756. The highest BCUT2D eigenvalue weighted by atomic mass is 16.2. The van der Waals surface area contributed by atoms with Crippen LogP contribution in [0, 0.1) is 13.8 Å². The predicted molar refractivity (Wildman–Crippen MR) is 108 cm³/mol. The molecule has 7 nitrogen and oxygen atoms in total. The molecule has 146 valence electrons. The molecule has 7 heteroatoms. The van der Waals surface area contributed by atoms with E-state index in [1.165, 1.54) is 4.68 Å². The maximum absolute atomic E-state index is 13.1. The third-order valence-corrected chi connectivity index (χ3v) is 5.60. The monoisotopic (exact) mass is 379 g/mol. The summed E-state index contributed by atoms with van der Waals surface area (Å²) in [4.78, 5) is 25.8. The lowest BCUT2D eigenvalue weighted by Crippen LogP contribution is -2.41. The lowest BCUT2D eigenvalue weighted by atomic mass is 10.2. The second-order valence-corrected chi connectivity index (χ2v) is 7.56. The second-order valence-electron chi connectivity index (χ2n) is 7.56. The minimum atomic E-state index is -0.682. The summed E-state index contributed by atoms with van der Waals surface area (Å²) in [7, 11) is 0. The summed E-state index contributed by atoms with van der Waals surface area (Å²) in [6.45, 7) is 5.49. The van der Waals surface area contributed by atoms with E-state index in [4.69, 9.17) is 0 Å². The average Bonchev–Trinajstić information content (AvgIpc) is 3.33. The van der Waals surface area contributed by atoms with Crippen molar-refractivity contribution in [2.75, 3.05) is 0 Å². The Hall–Kier alpha value is -2.96. The molecule has 2 aromatic heterocycles. The summed E-state index contributed by atoms with van der Waals surface area (Å²) in [5.41, 5.74) is 2.43. The molecule has 1 aromatic carbocycles. The van der Waals surface area contributed by atoms with E-state index in [0.29, 0.717) is 11.2 Å². The highest BCUT2D eigenvalue weighted by molar-refractivity contribution is 5.84. The van der Waals surface area contributed by atoms with Crippen molar-refractivity contribution in [1.29, 1.82) is 0 Å². The van der Waals surface area contributed by atoms with Crippen LogP contribution in [0.1, 0.15) is 50.0 Å². The number of para-hydroxylation sites is 1. The van der Waals surface area contributed by atoms with Crippen LogP contribution >= 0.6 is 0 Å². The van der Waals surface area contributed by atoms with Gasteiger partial charge in [-0.2, -0.15) is 10.2 Å². The lowest BCUT2D eigenvalue weighted by molar-refractivity contribution is -0.124. The van der Waals surface area contributed by atoms with E-state index in [2.05, 4.69) is 15.5 Å². The van der Waals surface area contributed by atoms with Crippen LogP contribution in [0.3, 0.4) is 0 Å². The molecule has 1 fully saturated rings.